The Bertz CT molecular complexity index is 1130. The molecular formula is C20H24N4O7S. The van der Waals surface area contributed by atoms with Gasteiger partial charge in [0.2, 0.25) is 11.8 Å². The van der Waals surface area contributed by atoms with E-state index < -0.39 is 32.4 Å². The number of carbonyl (C=O) groups excluding carboxylic acids is 3. The van der Waals surface area contributed by atoms with Crippen LogP contribution in [0.5, 0.6) is 0 Å². The summed E-state index contributed by atoms with van der Waals surface area (Å²) in [4.78, 5) is 54.9. The molecule has 3 aliphatic rings. The summed E-state index contributed by atoms with van der Waals surface area (Å²) in [6.45, 7) is 1.74. The fourth-order valence-electron chi connectivity index (χ4n) is 4.14. The zero-order valence-electron chi connectivity index (χ0n) is 17.3. The van der Waals surface area contributed by atoms with E-state index in [4.69, 9.17) is 4.74 Å². The summed E-state index contributed by atoms with van der Waals surface area (Å²) in [7, 11) is -4.01. The van der Waals surface area contributed by atoms with Crippen molar-refractivity contribution in [2.24, 2.45) is 0 Å². The summed E-state index contributed by atoms with van der Waals surface area (Å²) in [6.07, 6.45) is 1.02. The molecule has 172 valence electrons. The summed E-state index contributed by atoms with van der Waals surface area (Å²) in [5, 5.41) is 1.55. The lowest BCUT2D eigenvalue weighted by Crippen LogP contribution is -2.45. The number of nitrogens with one attached hydrogen (secondary N) is 2. The Kier molecular flexibility index (Phi) is 6.15. The molecule has 1 aromatic rings. The highest BCUT2D eigenvalue weighted by atomic mass is 32.2. The number of H-pyrrole nitrogens is 1. The number of hydrogen-bond acceptors (Lipinski definition) is 8. The lowest BCUT2D eigenvalue weighted by atomic mass is 10.2. The number of morpholine rings is 1. The second kappa shape index (κ2) is 8.87. The van der Waals surface area contributed by atoms with Gasteiger partial charge < -0.3 is 19.9 Å². The number of sulfone groups is 1. The molecule has 4 heterocycles. The zero-order valence-corrected chi connectivity index (χ0v) is 18.2. The number of pyridine rings is 1. The Labute approximate surface area is 184 Å². The van der Waals surface area contributed by atoms with Gasteiger partial charge in [-0.25, -0.2) is 8.42 Å². The molecule has 0 aromatic carbocycles. The molecule has 0 spiro atoms. The van der Waals surface area contributed by atoms with Crippen molar-refractivity contribution in [3.05, 3.63) is 45.6 Å². The number of hydrogen-bond donors (Lipinski definition) is 2. The first-order valence-electron chi connectivity index (χ1n) is 10.3. The van der Waals surface area contributed by atoms with Crippen LogP contribution in [0.25, 0.3) is 0 Å². The van der Waals surface area contributed by atoms with Crippen molar-refractivity contribution in [1.82, 2.24) is 20.1 Å². The van der Waals surface area contributed by atoms with Crippen LogP contribution in [0.3, 0.4) is 0 Å². The second-order valence-electron chi connectivity index (χ2n) is 7.85. The van der Waals surface area contributed by atoms with E-state index in [0.29, 0.717) is 32.0 Å². The van der Waals surface area contributed by atoms with Crippen molar-refractivity contribution >= 4 is 27.4 Å². The number of ketones is 1. The summed E-state index contributed by atoms with van der Waals surface area (Å²) in [6, 6.07) is 2.92. The summed E-state index contributed by atoms with van der Waals surface area (Å²) >= 11 is 0. The van der Waals surface area contributed by atoms with Crippen molar-refractivity contribution in [3.8, 4) is 0 Å². The molecule has 12 heteroatoms. The highest BCUT2D eigenvalue weighted by molar-refractivity contribution is 7.91. The molecule has 1 atom stereocenters. The average molecular weight is 465 g/mol. The van der Waals surface area contributed by atoms with Crippen molar-refractivity contribution in [3.63, 3.8) is 0 Å². The smallest absolute Gasteiger partial charge is 0.252 e. The summed E-state index contributed by atoms with van der Waals surface area (Å²) < 4.78 is 31.6. The van der Waals surface area contributed by atoms with E-state index in [1.54, 1.807) is 4.90 Å². The third kappa shape index (κ3) is 4.32. The van der Waals surface area contributed by atoms with E-state index >= 15 is 0 Å². The third-order valence-corrected chi connectivity index (χ3v) is 7.70. The van der Waals surface area contributed by atoms with E-state index in [9.17, 15) is 27.6 Å². The topological polar surface area (TPSA) is 146 Å². The van der Waals surface area contributed by atoms with E-state index in [0.717, 1.165) is 4.90 Å². The number of rotatable bonds is 6. The normalized spacial score (nSPS) is 21.0. The summed E-state index contributed by atoms with van der Waals surface area (Å²) in [5.41, 5.74) is -0.0331. The number of ether oxygens (including phenoxy) is 1. The van der Waals surface area contributed by atoms with Crippen molar-refractivity contribution < 1.29 is 27.5 Å². The molecule has 1 fully saturated rings. The van der Waals surface area contributed by atoms with Crippen LogP contribution < -0.4 is 10.9 Å². The molecule has 1 unspecified atom stereocenters. The van der Waals surface area contributed by atoms with Gasteiger partial charge in [0.25, 0.3) is 5.56 Å². The molecule has 2 amide bonds. The zero-order chi connectivity index (χ0) is 22.9. The fraction of sp³-hybridized carbons (Fsp3) is 0.500. The van der Waals surface area contributed by atoms with E-state index in [2.05, 4.69) is 10.3 Å². The minimum Gasteiger partial charge on any atom is -0.379 e. The quantitative estimate of drug-likeness (QED) is 0.538. The van der Waals surface area contributed by atoms with Gasteiger partial charge in [-0.2, -0.15) is 0 Å². The van der Waals surface area contributed by atoms with E-state index in [1.807, 2.05) is 0 Å². The number of nitrogens with zero attached hydrogens (tertiary/aromatic N) is 2. The first kappa shape index (κ1) is 22.2. The van der Waals surface area contributed by atoms with Gasteiger partial charge in [0, 0.05) is 49.8 Å². The molecular weight excluding hydrogens is 440 g/mol. The van der Waals surface area contributed by atoms with Gasteiger partial charge in [0.1, 0.15) is 11.1 Å². The molecule has 1 aromatic heterocycles. The summed E-state index contributed by atoms with van der Waals surface area (Å²) in [5.74, 6) is -1.77. The van der Waals surface area contributed by atoms with E-state index in [-0.39, 0.29) is 48.8 Å². The lowest BCUT2D eigenvalue weighted by molar-refractivity contribution is -0.139. The fourth-order valence-corrected chi connectivity index (χ4v) is 5.96. The van der Waals surface area contributed by atoms with Crippen molar-refractivity contribution in [2.45, 2.75) is 30.4 Å². The van der Waals surface area contributed by atoms with Crippen LogP contribution in [0.15, 0.2) is 34.5 Å². The largest absolute Gasteiger partial charge is 0.379 e. The molecule has 0 saturated carbocycles. The van der Waals surface area contributed by atoms with Crippen LogP contribution in [0, 0.1) is 0 Å². The molecule has 1 saturated heterocycles. The van der Waals surface area contributed by atoms with Gasteiger partial charge in [-0.15, -0.1) is 0 Å². The van der Waals surface area contributed by atoms with E-state index in [1.165, 1.54) is 18.3 Å². The Morgan fingerprint density at radius 1 is 1.12 bits per heavy atom. The molecule has 32 heavy (non-hydrogen) atoms. The number of Topliss-reactive ketones (excluding diaryl/α,β-unsaturated/α-hetero) is 1. The standard InChI is InChI=1S/C20H24N4O7S/c25-15-11-22-14-10-18(32(29,30)12-13-2-1-5-21-20(13)28)24(19(14)15)17(27)4-3-16(26)23-6-8-31-9-7-23/h1-2,5,18,22H,3-4,6-12H2,(H,21,28). The van der Waals surface area contributed by atoms with Crippen LogP contribution in [-0.4, -0.2) is 79.0 Å². The maximum atomic E-state index is 13.2. The molecule has 3 aliphatic heterocycles. The maximum Gasteiger partial charge on any atom is 0.252 e. The van der Waals surface area contributed by atoms with Crippen LogP contribution in [0.1, 0.15) is 24.8 Å². The van der Waals surface area contributed by atoms with Crippen LogP contribution in [0.2, 0.25) is 0 Å². The number of aromatic amines is 1. The lowest BCUT2D eigenvalue weighted by Gasteiger charge is -2.28. The van der Waals surface area contributed by atoms with Gasteiger partial charge in [-0.3, -0.25) is 24.1 Å². The van der Waals surface area contributed by atoms with Crippen LogP contribution >= 0.6 is 0 Å². The molecule has 2 N–H and O–H groups in total. The predicted octanol–water partition coefficient (Wildman–Crippen LogP) is -1.13. The van der Waals surface area contributed by atoms with Crippen molar-refractivity contribution in [2.75, 3.05) is 32.8 Å². The van der Waals surface area contributed by atoms with Gasteiger partial charge >= 0.3 is 0 Å². The highest BCUT2D eigenvalue weighted by Crippen LogP contribution is 2.35. The maximum absolute atomic E-state index is 13.2. The molecule has 0 bridgehead atoms. The molecule has 4 rings (SSSR count). The Morgan fingerprint density at radius 2 is 1.84 bits per heavy atom. The Balaban J connectivity index is 1.53. The van der Waals surface area contributed by atoms with Gasteiger partial charge in [0.05, 0.1) is 25.5 Å². The average Bonchev–Trinajstić information content (AvgIpc) is 3.34. The molecule has 11 nitrogen and oxygen atoms in total. The minimum absolute atomic E-state index is 0.00766. The van der Waals surface area contributed by atoms with Crippen LogP contribution in [0.4, 0.5) is 0 Å². The SMILES string of the molecule is O=C1CNC2=C1N(C(=O)CCC(=O)N1CCOCC1)C(S(=O)(=O)Cc1ccc[nH]c1=O)C2. The first-order valence-corrected chi connectivity index (χ1v) is 12.1. The van der Waals surface area contributed by atoms with Gasteiger partial charge in [0.15, 0.2) is 15.6 Å². The van der Waals surface area contributed by atoms with Gasteiger partial charge in [-0.05, 0) is 6.07 Å². The molecule has 0 radical (unpaired) electrons. The highest BCUT2D eigenvalue weighted by Gasteiger charge is 2.47. The number of carbonyl (C=O) groups is 3. The number of aromatic nitrogens is 1. The minimum atomic E-state index is -4.01. The monoisotopic (exact) mass is 464 g/mol. The predicted molar refractivity (Wildman–Crippen MR) is 112 cm³/mol. The molecule has 0 aliphatic carbocycles. The Morgan fingerprint density at radius 3 is 2.56 bits per heavy atom. The van der Waals surface area contributed by atoms with Crippen molar-refractivity contribution in [1.29, 1.82) is 0 Å². The number of amides is 2. The first-order chi connectivity index (χ1) is 15.3. The Hall–Kier alpha value is -2.99. The van der Waals surface area contributed by atoms with Crippen LogP contribution in [-0.2, 0) is 34.7 Å². The third-order valence-electron chi connectivity index (χ3n) is 5.78. The second-order valence-corrected chi connectivity index (χ2v) is 10.0. The van der Waals surface area contributed by atoms with Gasteiger partial charge in [-0.1, -0.05) is 6.07 Å².